The number of Topliss-reactive ketones (excluding diaryl/α,β-unsaturated/α-hetero) is 1. The topological polar surface area (TPSA) is 105 Å². The van der Waals surface area contributed by atoms with E-state index in [1.165, 1.54) is 0 Å². The van der Waals surface area contributed by atoms with E-state index in [9.17, 15) is 20.1 Å². The molecule has 290 valence electrons. The van der Waals surface area contributed by atoms with Gasteiger partial charge in [0.05, 0.1) is 36.5 Å². The van der Waals surface area contributed by atoms with Crippen LogP contribution in [0.15, 0.2) is 52.7 Å². The summed E-state index contributed by atoms with van der Waals surface area (Å²) in [5.74, 6) is -0.0831. The molecule has 2 aliphatic rings. The van der Waals surface area contributed by atoms with Crippen LogP contribution in [-0.4, -0.2) is 65.7 Å². The summed E-state index contributed by atoms with van der Waals surface area (Å²) in [6.07, 6.45) is 15.5. The summed E-state index contributed by atoms with van der Waals surface area (Å²) in [4.78, 5) is 16.5. The molecular formula is C44H68N2O6. The van der Waals surface area contributed by atoms with E-state index < -0.39 is 11.5 Å². The van der Waals surface area contributed by atoms with Crippen LogP contribution in [0.25, 0.3) is 5.57 Å². The Kier molecular flexibility index (Phi) is 17.9. The van der Waals surface area contributed by atoms with Crippen LogP contribution in [0.4, 0.5) is 5.69 Å². The number of hydrogen-bond acceptors (Lipinski definition) is 7. The van der Waals surface area contributed by atoms with Crippen molar-refractivity contribution in [3.63, 3.8) is 0 Å². The molecule has 0 saturated heterocycles. The highest BCUT2D eigenvalue weighted by molar-refractivity contribution is 6.40. The van der Waals surface area contributed by atoms with Crippen molar-refractivity contribution in [3.8, 4) is 11.5 Å². The van der Waals surface area contributed by atoms with Crippen LogP contribution in [0.5, 0.6) is 11.5 Å². The van der Waals surface area contributed by atoms with Gasteiger partial charge in [-0.25, -0.2) is 4.58 Å². The Morgan fingerprint density at radius 1 is 0.731 bits per heavy atom. The number of aromatic hydroxyl groups is 1. The molecule has 2 aliphatic carbocycles. The fourth-order valence-corrected chi connectivity index (χ4v) is 7.15. The molecule has 2 N–H and O–H groups in total. The van der Waals surface area contributed by atoms with Gasteiger partial charge >= 0.3 is 0 Å². The first-order chi connectivity index (χ1) is 25.1. The van der Waals surface area contributed by atoms with Crippen LogP contribution < -0.4 is 14.7 Å². The average molecular weight is 721 g/mol. The van der Waals surface area contributed by atoms with Gasteiger partial charge in [-0.1, -0.05) is 99.7 Å². The molecule has 0 radical (unpaired) electrons. The maximum absolute atomic E-state index is 14.3. The number of nitrogens with zero attached hydrogens (tertiary/aromatic N) is 2. The van der Waals surface area contributed by atoms with E-state index in [0.29, 0.717) is 36.6 Å². The second-order valence-corrected chi connectivity index (χ2v) is 14.5. The third-order valence-electron chi connectivity index (χ3n) is 10.3. The molecular weight excluding hydrogens is 652 g/mol. The Balaban J connectivity index is 2.21. The normalized spacial score (nSPS) is 17.1. The second-order valence-electron chi connectivity index (χ2n) is 14.5. The standard InChI is InChI=1S/C44H68N2O6/c1-9-17-19-31(15-7)29-51-37-27-33(45(21-11-3)22-12-4)25-35(47)39(37)41-43(49)42(44(41)50)40-36(48)26-34(46(23-13-5)24-14-6)28-38(40)52-30-32(16-8)20-18-10-2/h25-28,31-32H,9-24,29-30H2,1-8H3,(H2,47,48,49,50). The lowest BCUT2D eigenvalue weighted by Crippen LogP contribution is -2.33. The van der Waals surface area contributed by atoms with Crippen LogP contribution in [0.1, 0.15) is 138 Å². The zero-order chi connectivity index (χ0) is 38.2. The van der Waals surface area contributed by atoms with Gasteiger partial charge in [0, 0.05) is 54.9 Å². The maximum atomic E-state index is 14.3. The molecule has 1 aromatic carbocycles. The Morgan fingerprint density at radius 2 is 1.31 bits per heavy atom. The maximum Gasteiger partial charge on any atom is 0.207 e. The third-order valence-corrected chi connectivity index (χ3v) is 10.3. The number of aliphatic hydroxyl groups excluding tert-OH is 1. The number of ether oxygens (including phenoxy) is 2. The number of phenols is 1. The lowest BCUT2D eigenvalue weighted by atomic mass is 9.78. The number of aliphatic hydroxyl groups is 1. The lowest BCUT2D eigenvalue weighted by Gasteiger charge is -2.35. The fraction of sp³-hybridized carbons (Fsp3) is 0.636. The summed E-state index contributed by atoms with van der Waals surface area (Å²) >= 11 is 0. The van der Waals surface area contributed by atoms with Crippen molar-refractivity contribution in [1.82, 2.24) is 0 Å². The van der Waals surface area contributed by atoms with Gasteiger partial charge in [0.1, 0.15) is 36.1 Å². The molecule has 0 heterocycles. The number of hydrogen-bond donors (Lipinski definition) is 2. The first-order valence-electron chi connectivity index (χ1n) is 20.5. The van der Waals surface area contributed by atoms with E-state index in [4.69, 9.17) is 9.47 Å². The molecule has 0 saturated carbocycles. The Morgan fingerprint density at radius 3 is 1.81 bits per heavy atom. The van der Waals surface area contributed by atoms with Crippen LogP contribution in [-0.2, 0) is 9.53 Å². The third kappa shape index (κ3) is 10.7. The summed E-state index contributed by atoms with van der Waals surface area (Å²) in [6.45, 7) is 21.1. The van der Waals surface area contributed by atoms with Crippen LogP contribution >= 0.6 is 0 Å². The summed E-state index contributed by atoms with van der Waals surface area (Å²) < 4.78 is 15.1. The van der Waals surface area contributed by atoms with E-state index in [0.717, 1.165) is 115 Å². The smallest absolute Gasteiger partial charge is 0.207 e. The minimum atomic E-state index is -0.528. The first-order valence-corrected chi connectivity index (χ1v) is 20.5. The number of phenolic OH excluding ortho intramolecular Hbond substituents is 1. The van der Waals surface area contributed by atoms with Crippen molar-refractivity contribution in [2.24, 2.45) is 11.8 Å². The van der Waals surface area contributed by atoms with Gasteiger partial charge in [-0.05, 0) is 37.5 Å². The van der Waals surface area contributed by atoms with Crippen molar-refractivity contribution in [2.75, 3.05) is 44.3 Å². The summed E-state index contributed by atoms with van der Waals surface area (Å²) in [5, 5.41) is 37.4. The highest BCUT2D eigenvalue weighted by Gasteiger charge is 2.39. The Hall–Kier alpha value is -3.68. The van der Waals surface area contributed by atoms with Gasteiger partial charge in [-0.2, -0.15) is 0 Å². The molecule has 2 unspecified atom stereocenters. The zero-order valence-electron chi connectivity index (χ0n) is 33.6. The molecule has 0 aromatic heterocycles. The number of unbranched alkanes of at least 4 members (excludes halogenated alkanes) is 2. The van der Waals surface area contributed by atoms with Crippen LogP contribution in [0.2, 0.25) is 0 Å². The van der Waals surface area contributed by atoms with Crippen LogP contribution in [0, 0.1) is 11.8 Å². The molecule has 0 bridgehead atoms. The van der Waals surface area contributed by atoms with Crippen molar-refractivity contribution < 1.29 is 34.2 Å². The zero-order valence-corrected chi connectivity index (χ0v) is 33.6. The number of allylic oxidation sites excluding steroid dienone is 4. The molecule has 0 spiro atoms. The number of ketones is 1. The van der Waals surface area contributed by atoms with Crippen molar-refractivity contribution >= 4 is 22.8 Å². The van der Waals surface area contributed by atoms with Gasteiger partial charge in [-0.3, -0.25) is 4.79 Å². The minimum absolute atomic E-state index is 0.115. The van der Waals surface area contributed by atoms with E-state index >= 15 is 0 Å². The van der Waals surface area contributed by atoms with Crippen molar-refractivity contribution in [2.45, 2.75) is 132 Å². The van der Waals surface area contributed by atoms with Gasteiger partial charge < -0.3 is 29.7 Å². The summed E-state index contributed by atoms with van der Waals surface area (Å²) in [5.41, 5.74) is 1.62. The first kappa shape index (κ1) is 42.7. The number of carbonyl (C=O) groups is 1. The van der Waals surface area contributed by atoms with Crippen LogP contribution in [0.3, 0.4) is 0 Å². The summed E-state index contributed by atoms with van der Waals surface area (Å²) in [7, 11) is 0. The van der Waals surface area contributed by atoms with Gasteiger partial charge in [-0.15, -0.1) is 0 Å². The second kappa shape index (κ2) is 21.8. The monoisotopic (exact) mass is 721 g/mol. The Labute approximate surface area is 314 Å². The van der Waals surface area contributed by atoms with E-state index in [1.807, 2.05) is 12.1 Å². The summed E-state index contributed by atoms with van der Waals surface area (Å²) in [6, 6.07) is 3.52. The molecule has 0 aliphatic heterocycles. The minimum Gasteiger partial charge on any atom is -0.871 e. The Bertz CT molecular complexity index is 1490. The van der Waals surface area contributed by atoms with Gasteiger partial charge in [0.25, 0.3) is 0 Å². The number of rotatable bonds is 24. The van der Waals surface area contributed by atoms with Crippen molar-refractivity contribution in [1.29, 1.82) is 0 Å². The highest BCUT2D eigenvalue weighted by atomic mass is 16.5. The molecule has 1 aromatic rings. The van der Waals surface area contributed by atoms with Gasteiger partial charge in [0.2, 0.25) is 5.71 Å². The van der Waals surface area contributed by atoms with E-state index in [2.05, 4.69) is 64.9 Å². The van der Waals surface area contributed by atoms with Gasteiger partial charge in [0.15, 0.2) is 5.78 Å². The fourth-order valence-electron chi connectivity index (χ4n) is 7.15. The number of anilines is 1. The average Bonchev–Trinajstić information content (AvgIpc) is 3.13. The predicted octanol–water partition coefficient (Wildman–Crippen LogP) is 9.41. The highest BCUT2D eigenvalue weighted by Crippen LogP contribution is 2.48. The molecule has 8 heteroatoms. The molecule has 0 fully saturated rings. The lowest BCUT2D eigenvalue weighted by molar-refractivity contribution is -0.526. The predicted molar refractivity (Wildman–Crippen MR) is 212 cm³/mol. The van der Waals surface area contributed by atoms with E-state index in [-0.39, 0.29) is 33.8 Å². The quantitative estimate of drug-likeness (QED) is 0.0810. The number of benzene rings is 1. The molecule has 0 amide bonds. The SMILES string of the molecule is CCCCC(CC)COC1=CC(=[N+](CCC)CCC)C=C(O)/C1=C1\C(=O)C(c2c(O)cc(N(CCC)CCC)cc2OCC(CC)CCCC)=C1[O-]. The molecule has 52 heavy (non-hydrogen) atoms. The number of carbonyl (C=O) groups excluding carboxylic acids is 1. The molecule has 2 atom stereocenters. The molecule has 3 rings (SSSR count). The molecule has 8 nitrogen and oxygen atoms in total. The largest absolute Gasteiger partial charge is 0.871 e. The van der Waals surface area contributed by atoms with E-state index in [1.54, 1.807) is 12.1 Å². The van der Waals surface area contributed by atoms with Crippen molar-refractivity contribution in [3.05, 3.63) is 58.3 Å².